The summed E-state index contributed by atoms with van der Waals surface area (Å²) in [5.74, 6) is 0.813. The third-order valence-corrected chi connectivity index (χ3v) is 2.92. The van der Waals surface area contributed by atoms with Crippen molar-refractivity contribution in [3.8, 4) is 11.8 Å². The second kappa shape index (κ2) is 4.70. The Morgan fingerprint density at radius 3 is 2.94 bits per heavy atom. The molecule has 3 nitrogen and oxygen atoms in total. The lowest BCUT2D eigenvalue weighted by molar-refractivity contribution is 0.413. The summed E-state index contributed by atoms with van der Waals surface area (Å²) >= 11 is 3.43. The van der Waals surface area contributed by atoms with E-state index >= 15 is 0 Å². The lowest BCUT2D eigenvalue weighted by Crippen LogP contribution is -1.98. The van der Waals surface area contributed by atoms with Crippen LogP contribution in [0.2, 0.25) is 0 Å². The maximum Gasteiger partial charge on any atom is 0.302 e. The van der Waals surface area contributed by atoms with Gasteiger partial charge in [-0.1, -0.05) is 12.1 Å². The van der Waals surface area contributed by atoms with Gasteiger partial charge >= 0.3 is 6.01 Å². The first kappa shape index (κ1) is 11.2. The Labute approximate surface area is 103 Å². The molecule has 0 spiro atoms. The number of halogens is 1. The van der Waals surface area contributed by atoms with Crippen LogP contribution in [0.5, 0.6) is 11.8 Å². The Kier molecular flexibility index (Phi) is 3.29. The Bertz CT molecular complexity index is 494. The molecular weight excluding hydrogens is 268 g/mol. The zero-order chi connectivity index (χ0) is 11.5. The van der Waals surface area contributed by atoms with Crippen LogP contribution < -0.4 is 4.74 Å². The van der Waals surface area contributed by atoms with Crippen LogP contribution in [0.1, 0.15) is 12.5 Å². The van der Waals surface area contributed by atoms with E-state index in [9.17, 15) is 0 Å². The zero-order valence-electron chi connectivity index (χ0n) is 9.27. The predicted molar refractivity (Wildman–Crippen MR) is 66.9 cm³/mol. The van der Waals surface area contributed by atoms with Crippen molar-refractivity contribution in [1.29, 1.82) is 0 Å². The van der Waals surface area contributed by atoms with Crippen LogP contribution in [0.3, 0.4) is 0 Å². The summed E-state index contributed by atoms with van der Waals surface area (Å²) in [6.07, 6.45) is 1.74. The normalized spacial score (nSPS) is 10.4. The molecule has 0 radical (unpaired) electrons. The highest BCUT2D eigenvalue weighted by atomic mass is 79.9. The number of ether oxygens (including phenoxy) is 1. The third-order valence-electron chi connectivity index (χ3n) is 2.29. The van der Waals surface area contributed by atoms with Crippen LogP contribution in [0.15, 0.2) is 35.1 Å². The molecular formula is C12H13BrN2O. The van der Waals surface area contributed by atoms with Crippen molar-refractivity contribution in [3.05, 3.63) is 40.6 Å². The van der Waals surface area contributed by atoms with Crippen molar-refractivity contribution in [1.82, 2.24) is 9.55 Å². The van der Waals surface area contributed by atoms with Gasteiger partial charge < -0.3 is 4.74 Å². The number of rotatable bonds is 3. The molecule has 0 saturated heterocycles. The van der Waals surface area contributed by atoms with Crippen LogP contribution >= 0.6 is 15.9 Å². The number of imidazole rings is 1. The fourth-order valence-electron chi connectivity index (χ4n) is 1.49. The van der Waals surface area contributed by atoms with Crippen LogP contribution in [0.25, 0.3) is 0 Å². The highest BCUT2D eigenvalue weighted by Gasteiger charge is 2.08. The average molecular weight is 281 g/mol. The monoisotopic (exact) mass is 280 g/mol. The molecule has 1 heterocycles. The van der Waals surface area contributed by atoms with Gasteiger partial charge in [-0.05, 0) is 47.5 Å². The summed E-state index contributed by atoms with van der Waals surface area (Å²) < 4.78 is 8.61. The first-order valence-electron chi connectivity index (χ1n) is 5.16. The fourth-order valence-corrected chi connectivity index (χ4v) is 2.00. The molecule has 0 amide bonds. The lowest BCUT2D eigenvalue weighted by Gasteiger charge is -2.07. The van der Waals surface area contributed by atoms with Gasteiger partial charge in [-0.2, -0.15) is 0 Å². The molecule has 0 bridgehead atoms. The van der Waals surface area contributed by atoms with E-state index in [4.69, 9.17) is 4.74 Å². The highest BCUT2D eigenvalue weighted by Crippen LogP contribution is 2.24. The molecule has 84 valence electrons. The van der Waals surface area contributed by atoms with Crippen LogP contribution in [0.4, 0.5) is 0 Å². The minimum atomic E-state index is 0.611. The van der Waals surface area contributed by atoms with Crippen LogP contribution in [0, 0.1) is 6.92 Å². The van der Waals surface area contributed by atoms with E-state index in [0.717, 1.165) is 16.9 Å². The second-order valence-corrected chi connectivity index (χ2v) is 4.34. The molecule has 1 aromatic carbocycles. The standard InChI is InChI=1S/C12H13BrN2O/c1-3-15-11(13)8-14-12(15)16-10-6-4-5-9(2)7-10/h4-8H,3H2,1-2H3. The second-order valence-electron chi connectivity index (χ2n) is 3.53. The van der Waals surface area contributed by atoms with E-state index in [1.54, 1.807) is 6.20 Å². The van der Waals surface area contributed by atoms with Crippen molar-refractivity contribution in [2.24, 2.45) is 0 Å². The molecule has 2 rings (SSSR count). The lowest BCUT2D eigenvalue weighted by atomic mass is 10.2. The van der Waals surface area contributed by atoms with Gasteiger partial charge in [-0.15, -0.1) is 0 Å². The average Bonchev–Trinajstić information content (AvgIpc) is 2.59. The van der Waals surface area contributed by atoms with Gasteiger partial charge in [0.2, 0.25) is 0 Å². The number of aryl methyl sites for hydroxylation is 1. The summed E-state index contributed by atoms with van der Waals surface area (Å²) in [4.78, 5) is 4.21. The number of aromatic nitrogens is 2. The molecule has 0 unspecified atom stereocenters. The predicted octanol–water partition coefficient (Wildman–Crippen LogP) is 3.77. The maximum atomic E-state index is 5.72. The van der Waals surface area contributed by atoms with E-state index in [1.807, 2.05) is 35.8 Å². The summed E-state index contributed by atoms with van der Waals surface area (Å²) in [7, 11) is 0. The van der Waals surface area contributed by atoms with E-state index < -0.39 is 0 Å². The molecule has 4 heteroatoms. The molecule has 0 aliphatic carbocycles. The van der Waals surface area contributed by atoms with Gasteiger partial charge in [0.05, 0.1) is 6.20 Å². The zero-order valence-corrected chi connectivity index (χ0v) is 10.9. The van der Waals surface area contributed by atoms with Gasteiger partial charge in [0.15, 0.2) is 0 Å². The number of hydrogen-bond acceptors (Lipinski definition) is 2. The fraction of sp³-hybridized carbons (Fsp3) is 0.250. The number of hydrogen-bond donors (Lipinski definition) is 0. The third kappa shape index (κ3) is 2.27. The topological polar surface area (TPSA) is 27.1 Å². The van der Waals surface area contributed by atoms with E-state index in [2.05, 4.69) is 27.8 Å². The van der Waals surface area contributed by atoms with Crippen LogP contribution in [-0.2, 0) is 6.54 Å². The number of benzene rings is 1. The SMILES string of the molecule is CCn1c(Br)cnc1Oc1cccc(C)c1. The highest BCUT2D eigenvalue weighted by molar-refractivity contribution is 9.10. The van der Waals surface area contributed by atoms with Crippen molar-refractivity contribution in [3.63, 3.8) is 0 Å². The first-order chi connectivity index (χ1) is 7.70. The van der Waals surface area contributed by atoms with Gasteiger partial charge in [0.25, 0.3) is 0 Å². The summed E-state index contributed by atoms with van der Waals surface area (Å²) in [6.45, 7) is 4.91. The minimum absolute atomic E-state index is 0.611. The van der Waals surface area contributed by atoms with Crippen molar-refractivity contribution >= 4 is 15.9 Å². The first-order valence-corrected chi connectivity index (χ1v) is 5.95. The van der Waals surface area contributed by atoms with Gasteiger partial charge in [-0.25, -0.2) is 4.98 Å². The molecule has 0 aliphatic heterocycles. The summed E-state index contributed by atoms with van der Waals surface area (Å²) in [6, 6.07) is 8.53. The summed E-state index contributed by atoms with van der Waals surface area (Å²) in [5.41, 5.74) is 1.17. The van der Waals surface area contributed by atoms with Crippen LogP contribution in [-0.4, -0.2) is 9.55 Å². The van der Waals surface area contributed by atoms with Crippen molar-refractivity contribution in [2.75, 3.05) is 0 Å². The number of nitrogens with zero attached hydrogens (tertiary/aromatic N) is 2. The Morgan fingerprint density at radius 1 is 1.44 bits per heavy atom. The Morgan fingerprint density at radius 2 is 2.25 bits per heavy atom. The molecule has 0 N–H and O–H groups in total. The maximum absolute atomic E-state index is 5.72. The van der Waals surface area contributed by atoms with Gasteiger partial charge in [0.1, 0.15) is 10.4 Å². The van der Waals surface area contributed by atoms with E-state index in [-0.39, 0.29) is 0 Å². The summed E-state index contributed by atoms with van der Waals surface area (Å²) in [5, 5.41) is 0. The molecule has 1 aromatic heterocycles. The largest absolute Gasteiger partial charge is 0.425 e. The Balaban J connectivity index is 2.27. The van der Waals surface area contributed by atoms with Gasteiger partial charge in [-0.3, -0.25) is 4.57 Å². The van der Waals surface area contributed by atoms with E-state index in [0.29, 0.717) is 6.01 Å². The van der Waals surface area contributed by atoms with Crippen molar-refractivity contribution < 1.29 is 4.74 Å². The van der Waals surface area contributed by atoms with Gasteiger partial charge in [0, 0.05) is 6.54 Å². The minimum Gasteiger partial charge on any atom is -0.425 e. The quantitative estimate of drug-likeness (QED) is 0.856. The van der Waals surface area contributed by atoms with E-state index in [1.165, 1.54) is 5.56 Å². The van der Waals surface area contributed by atoms with Crippen molar-refractivity contribution in [2.45, 2.75) is 20.4 Å². The molecule has 0 fully saturated rings. The smallest absolute Gasteiger partial charge is 0.302 e. The Hall–Kier alpha value is -1.29. The molecule has 2 aromatic rings. The molecule has 16 heavy (non-hydrogen) atoms. The molecule has 0 aliphatic rings. The molecule has 0 atom stereocenters. The molecule has 0 saturated carbocycles.